The lowest BCUT2D eigenvalue weighted by Crippen LogP contribution is -1.85. The average Bonchev–Trinajstić information content (AvgIpc) is 2.73. The summed E-state index contributed by atoms with van der Waals surface area (Å²) in [6.45, 7) is 0. The van der Waals surface area contributed by atoms with Crippen molar-refractivity contribution in [1.29, 1.82) is 0 Å². The molecule has 2 rings (SSSR count). The average molecular weight is 246 g/mol. The number of hydrogen-bond donors (Lipinski definition) is 0. The van der Waals surface area contributed by atoms with Crippen LogP contribution in [0.15, 0.2) is 90.2 Å². The monoisotopic (exact) mass is 246 g/mol. The van der Waals surface area contributed by atoms with Gasteiger partial charge in [-0.1, -0.05) is 54.6 Å². The molecule has 0 saturated heterocycles. The zero-order chi connectivity index (χ0) is 13.3. The molecule has 0 saturated carbocycles. The van der Waals surface area contributed by atoms with Gasteiger partial charge in [0, 0.05) is 0 Å². The van der Waals surface area contributed by atoms with Crippen LogP contribution >= 0.6 is 0 Å². The molecule has 0 atom stereocenters. The lowest BCUT2D eigenvalue weighted by molar-refractivity contribution is -0.110. The van der Waals surface area contributed by atoms with Crippen LogP contribution in [0.5, 0.6) is 0 Å². The second kappa shape index (κ2) is 6.95. The summed E-state index contributed by atoms with van der Waals surface area (Å²) in [6, 6.07) is 9.76. The van der Waals surface area contributed by atoms with Crippen LogP contribution in [0.2, 0.25) is 0 Å². The van der Waals surface area contributed by atoms with E-state index in [4.69, 9.17) is 0 Å². The highest BCUT2D eigenvalue weighted by molar-refractivity contribution is 6.02. The van der Waals surface area contributed by atoms with Gasteiger partial charge in [0.25, 0.3) is 0 Å². The predicted molar refractivity (Wildman–Crippen MR) is 79.5 cm³/mol. The van der Waals surface area contributed by atoms with Gasteiger partial charge >= 0.3 is 0 Å². The van der Waals surface area contributed by atoms with Gasteiger partial charge in [-0.25, -0.2) is 0 Å². The van der Waals surface area contributed by atoms with E-state index < -0.39 is 0 Å². The second-order valence-electron chi connectivity index (χ2n) is 4.01. The van der Waals surface area contributed by atoms with Gasteiger partial charge in [-0.2, -0.15) is 0 Å². The summed E-state index contributed by atoms with van der Waals surface area (Å²) in [5, 5.41) is 0. The van der Waals surface area contributed by atoms with Crippen LogP contribution in [0.4, 0.5) is 0 Å². The minimum Gasteiger partial charge on any atom is -0.290 e. The summed E-state index contributed by atoms with van der Waals surface area (Å²) in [7, 11) is 0. The molecule has 0 heterocycles. The minimum absolute atomic E-state index is 0.0284. The van der Waals surface area contributed by atoms with Crippen molar-refractivity contribution in [1.82, 2.24) is 0 Å². The van der Waals surface area contributed by atoms with Crippen LogP contribution in [0.1, 0.15) is 5.56 Å². The Morgan fingerprint density at radius 2 is 1.79 bits per heavy atom. The van der Waals surface area contributed by atoms with Gasteiger partial charge in [0.05, 0.1) is 0 Å². The van der Waals surface area contributed by atoms with Gasteiger partial charge in [0.1, 0.15) is 0 Å². The fourth-order valence-electron chi connectivity index (χ4n) is 1.56. The Bertz CT molecular complexity index is 619. The predicted octanol–water partition coefficient (Wildman–Crippen LogP) is 4.03. The molecule has 0 spiro atoms. The molecule has 0 fully saturated rings. The molecule has 0 bridgehead atoms. The Balaban J connectivity index is 1.97. The van der Waals surface area contributed by atoms with E-state index in [1.165, 1.54) is 0 Å². The number of carbonyl (C=O) groups is 1. The first-order valence-electron chi connectivity index (χ1n) is 6.09. The van der Waals surface area contributed by atoms with Gasteiger partial charge < -0.3 is 0 Å². The number of ketones is 1. The number of allylic oxidation sites excluding steroid dienone is 8. The van der Waals surface area contributed by atoms with Crippen LogP contribution in [-0.4, -0.2) is 5.78 Å². The fraction of sp³-hybridized carbons (Fsp3) is 0. The molecule has 1 aromatic rings. The van der Waals surface area contributed by atoms with Crippen LogP contribution < -0.4 is 0 Å². The fourth-order valence-corrected chi connectivity index (χ4v) is 1.56. The van der Waals surface area contributed by atoms with E-state index in [2.05, 4.69) is 5.73 Å². The summed E-state index contributed by atoms with van der Waals surface area (Å²) in [6.07, 6.45) is 16.1. The quantitative estimate of drug-likeness (QED) is 0.579. The Labute approximate surface area is 113 Å². The summed E-state index contributed by atoms with van der Waals surface area (Å²) in [5.74, 6) is -0.0284. The van der Waals surface area contributed by atoms with Crippen molar-refractivity contribution in [2.75, 3.05) is 0 Å². The van der Waals surface area contributed by atoms with Crippen molar-refractivity contribution in [3.63, 3.8) is 0 Å². The third kappa shape index (κ3) is 4.63. The highest BCUT2D eigenvalue weighted by Crippen LogP contribution is 2.04. The van der Waals surface area contributed by atoms with E-state index in [1.807, 2.05) is 66.8 Å². The van der Waals surface area contributed by atoms with Gasteiger partial charge in [0.2, 0.25) is 0 Å². The number of rotatable bonds is 4. The van der Waals surface area contributed by atoms with E-state index in [-0.39, 0.29) is 5.78 Å². The number of hydrogen-bond acceptors (Lipinski definition) is 1. The van der Waals surface area contributed by atoms with E-state index in [9.17, 15) is 4.79 Å². The molecule has 1 aliphatic carbocycles. The smallest absolute Gasteiger partial charge is 0.178 e. The Morgan fingerprint density at radius 3 is 2.63 bits per heavy atom. The lowest BCUT2D eigenvalue weighted by Gasteiger charge is -1.91. The molecule has 0 radical (unpaired) electrons. The third-order valence-corrected chi connectivity index (χ3v) is 2.53. The van der Waals surface area contributed by atoms with Crippen molar-refractivity contribution in [3.05, 3.63) is 95.8 Å². The molecule has 1 heteroatoms. The first-order chi connectivity index (χ1) is 9.34. The maximum atomic E-state index is 11.7. The summed E-state index contributed by atoms with van der Waals surface area (Å²) < 4.78 is 0. The van der Waals surface area contributed by atoms with Crippen LogP contribution in [0, 0.1) is 0 Å². The number of carbonyl (C=O) groups excluding carboxylic acids is 1. The zero-order valence-electron chi connectivity index (χ0n) is 10.5. The summed E-state index contributed by atoms with van der Waals surface area (Å²) in [4.78, 5) is 11.7. The maximum absolute atomic E-state index is 11.7. The van der Waals surface area contributed by atoms with Crippen molar-refractivity contribution in [2.24, 2.45) is 0 Å². The van der Waals surface area contributed by atoms with Crippen LogP contribution in [0.3, 0.4) is 0 Å². The van der Waals surface area contributed by atoms with E-state index in [1.54, 1.807) is 18.2 Å². The lowest BCUT2D eigenvalue weighted by atomic mass is 10.1. The highest BCUT2D eigenvalue weighted by Gasteiger charge is 1.91. The van der Waals surface area contributed by atoms with Crippen molar-refractivity contribution < 1.29 is 4.79 Å². The normalized spacial score (nSPS) is 14.0. The van der Waals surface area contributed by atoms with Crippen LogP contribution in [-0.2, 0) is 4.79 Å². The van der Waals surface area contributed by atoms with E-state index >= 15 is 0 Å². The van der Waals surface area contributed by atoms with E-state index in [0.29, 0.717) is 0 Å². The molecule has 0 aliphatic heterocycles. The standard InChI is InChI=1S/C18H14O/c19-18(15-13-17-10-6-3-7-11-17)14-12-16-8-4-1-2-5-9-16/h1,3-15H/b14-12?,15-13+. The molecular formula is C18H14O. The SMILES string of the molecule is O=C(C=CC1=CC=C=CC=C1)/C=C/c1ccccc1. The largest absolute Gasteiger partial charge is 0.290 e. The maximum Gasteiger partial charge on any atom is 0.178 e. The first-order valence-corrected chi connectivity index (χ1v) is 6.09. The van der Waals surface area contributed by atoms with Gasteiger partial charge in [-0.05, 0) is 41.5 Å². The molecular weight excluding hydrogens is 232 g/mol. The van der Waals surface area contributed by atoms with Crippen molar-refractivity contribution >= 4 is 11.9 Å². The topological polar surface area (TPSA) is 17.1 Å². The minimum atomic E-state index is -0.0284. The zero-order valence-corrected chi connectivity index (χ0v) is 10.5. The summed E-state index contributed by atoms with van der Waals surface area (Å²) in [5.41, 5.74) is 4.96. The number of benzene rings is 1. The molecule has 1 aromatic carbocycles. The molecule has 0 amide bonds. The molecule has 19 heavy (non-hydrogen) atoms. The first kappa shape index (κ1) is 12.8. The Kier molecular flexibility index (Phi) is 4.69. The molecule has 0 aromatic heterocycles. The molecule has 0 unspecified atom stereocenters. The Hall–Kier alpha value is -2.63. The molecule has 0 N–H and O–H groups in total. The molecule has 1 aliphatic rings. The van der Waals surface area contributed by atoms with Crippen molar-refractivity contribution in [2.45, 2.75) is 0 Å². The van der Waals surface area contributed by atoms with E-state index in [0.717, 1.165) is 11.1 Å². The third-order valence-electron chi connectivity index (χ3n) is 2.53. The molecule has 1 nitrogen and oxygen atoms in total. The second-order valence-corrected chi connectivity index (χ2v) is 4.01. The van der Waals surface area contributed by atoms with Crippen molar-refractivity contribution in [3.8, 4) is 0 Å². The van der Waals surface area contributed by atoms with Crippen LogP contribution in [0.25, 0.3) is 6.08 Å². The Morgan fingerprint density at radius 1 is 1.00 bits per heavy atom. The van der Waals surface area contributed by atoms with Gasteiger partial charge in [-0.15, -0.1) is 5.73 Å². The summed E-state index contributed by atoms with van der Waals surface area (Å²) >= 11 is 0. The highest BCUT2D eigenvalue weighted by atomic mass is 16.1. The van der Waals surface area contributed by atoms with Gasteiger partial charge in [0.15, 0.2) is 5.78 Å². The van der Waals surface area contributed by atoms with Gasteiger partial charge in [-0.3, -0.25) is 4.79 Å². The molecule has 92 valence electrons.